The molecule has 0 aliphatic carbocycles. The second-order valence-electron chi connectivity index (χ2n) is 7.14. The summed E-state index contributed by atoms with van der Waals surface area (Å²) in [6.45, 7) is 2.74. The molecular formula is C23H26N2O4S2. The van der Waals surface area contributed by atoms with E-state index in [1.165, 1.54) is 11.3 Å². The number of anilines is 1. The molecule has 1 aromatic heterocycles. The number of nitrogens with zero attached hydrogens (tertiary/aromatic N) is 1. The molecule has 1 N–H and O–H groups in total. The highest BCUT2D eigenvalue weighted by molar-refractivity contribution is 7.90. The van der Waals surface area contributed by atoms with E-state index < -0.39 is 9.84 Å². The molecule has 0 aliphatic rings. The van der Waals surface area contributed by atoms with E-state index in [4.69, 9.17) is 4.74 Å². The Kier molecular flexibility index (Phi) is 8.20. The monoisotopic (exact) mass is 458 g/mol. The number of thiazole rings is 1. The van der Waals surface area contributed by atoms with Gasteiger partial charge in [0.2, 0.25) is 5.91 Å². The van der Waals surface area contributed by atoms with Crippen LogP contribution in [0.25, 0.3) is 11.3 Å². The molecular weight excluding hydrogens is 432 g/mol. The molecule has 3 rings (SSSR count). The van der Waals surface area contributed by atoms with E-state index in [0.717, 1.165) is 29.0 Å². The van der Waals surface area contributed by atoms with Crippen LogP contribution in [0.4, 0.5) is 5.13 Å². The number of sulfone groups is 1. The Bertz CT molecular complexity index is 1080. The van der Waals surface area contributed by atoms with Crippen molar-refractivity contribution >= 4 is 32.2 Å². The Morgan fingerprint density at radius 3 is 2.55 bits per heavy atom. The summed E-state index contributed by atoms with van der Waals surface area (Å²) in [5.74, 6) is 0.550. The molecule has 0 bridgehead atoms. The predicted molar refractivity (Wildman–Crippen MR) is 125 cm³/mol. The average molecular weight is 459 g/mol. The van der Waals surface area contributed by atoms with Crippen LogP contribution in [0.3, 0.4) is 0 Å². The van der Waals surface area contributed by atoms with Gasteiger partial charge in [-0.1, -0.05) is 37.3 Å². The number of nitrogens with one attached hydrogen (secondary N) is 1. The van der Waals surface area contributed by atoms with Crippen LogP contribution in [0.2, 0.25) is 0 Å². The molecule has 0 fully saturated rings. The zero-order chi connectivity index (χ0) is 22.1. The van der Waals surface area contributed by atoms with Crippen molar-refractivity contribution < 1.29 is 17.9 Å². The van der Waals surface area contributed by atoms with Crippen molar-refractivity contribution in [2.45, 2.75) is 31.9 Å². The first-order valence-electron chi connectivity index (χ1n) is 10.2. The van der Waals surface area contributed by atoms with Crippen LogP contribution in [-0.2, 0) is 20.4 Å². The molecule has 0 saturated carbocycles. The largest absolute Gasteiger partial charge is 0.494 e. The molecule has 0 saturated heterocycles. The van der Waals surface area contributed by atoms with E-state index in [-0.39, 0.29) is 30.3 Å². The fraction of sp³-hybridized carbons (Fsp3) is 0.304. The standard InChI is InChI=1S/C23H26N2O4S2/c1-2-14-29-20-12-10-19(11-13-20)21-16-30-23(24-21)25-22(26)9-6-15-31(27,28)17-18-7-4-3-5-8-18/h3-5,7-8,10-13,16H,2,6,9,14-15,17H2,1H3,(H,24,25,26). The molecule has 164 valence electrons. The van der Waals surface area contributed by atoms with E-state index in [9.17, 15) is 13.2 Å². The van der Waals surface area contributed by atoms with Crippen LogP contribution in [0.1, 0.15) is 31.7 Å². The number of carbonyl (C=O) groups excluding carboxylic acids is 1. The van der Waals surface area contributed by atoms with Crippen molar-refractivity contribution in [3.05, 3.63) is 65.5 Å². The fourth-order valence-electron chi connectivity index (χ4n) is 2.94. The quantitative estimate of drug-likeness (QED) is 0.440. The van der Waals surface area contributed by atoms with Gasteiger partial charge in [-0.15, -0.1) is 11.3 Å². The molecule has 0 spiro atoms. The average Bonchev–Trinajstić information content (AvgIpc) is 3.21. The van der Waals surface area contributed by atoms with E-state index in [1.54, 1.807) is 12.1 Å². The Morgan fingerprint density at radius 2 is 1.84 bits per heavy atom. The van der Waals surface area contributed by atoms with Crippen LogP contribution < -0.4 is 10.1 Å². The van der Waals surface area contributed by atoms with Gasteiger partial charge in [-0.05, 0) is 42.7 Å². The lowest BCUT2D eigenvalue weighted by Crippen LogP contribution is -2.15. The molecule has 31 heavy (non-hydrogen) atoms. The van der Waals surface area contributed by atoms with Gasteiger partial charge in [-0.25, -0.2) is 13.4 Å². The van der Waals surface area contributed by atoms with Crippen LogP contribution in [0.5, 0.6) is 5.75 Å². The molecule has 1 amide bonds. The minimum atomic E-state index is -3.25. The number of benzene rings is 2. The normalized spacial score (nSPS) is 11.3. The fourth-order valence-corrected chi connectivity index (χ4v) is 5.11. The topological polar surface area (TPSA) is 85.4 Å². The summed E-state index contributed by atoms with van der Waals surface area (Å²) in [4.78, 5) is 16.6. The minimum Gasteiger partial charge on any atom is -0.494 e. The maximum Gasteiger partial charge on any atom is 0.226 e. The molecule has 0 radical (unpaired) electrons. The summed E-state index contributed by atoms with van der Waals surface area (Å²) in [5, 5.41) is 5.13. The number of ether oxygens (including phenoxy) is 1. The third-order valence-electron chi connectivity index (χ3n) is 4.46. The lowest BCUT2D eigenvalue weighted by Gasteiger charge is -2.05. The van der Waals surface area contributed by atoms with Gasteiger partial charge in [-0.3, -0.25) is 4.79 Å². The maximum atomic E-state index is 12.2. The van der Waals surface area contributed by atoms with Gasteiger partial charge in [0.25, 0.3) is 0 Å². The second-order valence-corrected chi connectivity index (χ2v) is 10.2. The highest BCUT2D eigenvalue weighted by Gasteiger charge is 2.14. The van der Waals surface area contributed by atoms with Gasteiger partial charge in [0.05, 0.1) is 23.8 Å². The van der Waals surface area contributed by atoms with Crippen LogP contribution in [-0.4, -0.2) is 31.7 Å². The number of hydrogen-bond acceptors (Lipinski definition) is 6. The summed E-state index contributed by atoms with van der Waals surface area (Å²) < 4.78 is 30.0. The highest BCUT2D eigenvalue weighted by atomic mass is 32.2. The first-order valence-corrected chi connectivity index (χ1v) is 12.9. The van der Waals surface area contributed by atoms with Crippen LogP contribution in [0, 0.1) is 0 Å². The van der Waals surface area contributed by atoms with Crippen molar-refractivity contribution in [2.24, 2.45) is 0 Å². The Hall–Kier alpha value is -2.71. The van der Waals surface area contributed by atoms with Gasteiger partial charge in [-0.2, -0.15) is 0 Å². The molecule has 8 heteroatoms. The van der Waals surface area contributed by atoms with Crippen molar-refractivity contribution in [1.29, 1.82) is 0 Å². The summed E-state index contributed by atoms with van der Waals surface area (Å²) in [6, 6.07) is 16.7. The highest BCUT2D eigenvalue weighted by Crippen LogP contribution is 2.26. The Balaban J connectivity index is 1.46. The third-order valence-corrected chi connectivity index (χ3v) is 6.90. The number of carbonyl (C=O) groups is 1. The zero-order valence-electron chi connectivity index (χ0n) is 17.4. The molecule has 0 unspecified atom stereocenters. The summed E-state index contributed by atoms with van der Waals surface area (Å²) in [7, 11) is -3.25. The van der Waals surface area contributed by atoms with E-state index in [1.807, 2.05) is 47.8 Å². The van der Waals surface area contributed by atoms with Gasteiger partial charge in [0.15, 0.2) is 15.0 Å². The zero-order valence-corrected chi connectivity index (χ0v) is 19.0. The number of rotatable bonds is 11. The first kappa shape index (κ1) is 23.0. The Labute approximate surface area is 187 Å². The summed E-state index contributed by atoms with van der Waals surface area (Å²) in [5.41, 5.74) is 2.47. The van der Waals surface area contributed by atoms with E-state index >= 15 is 0 Å². The summed E-state index contributed by atoms with van der Waals surface area (Å²) >= 11 is 1.34. The smallest absolute Gasteiger partial charge is 0.226 e. The van der Waals surface area contributed by atoms with Gasteiger partial charge < -0.3 is 10.1 Å². The van der Waals surface area contributed by atoms with Gasteiger partial charge >= 0.3 is 0 Å². The van der Waals surface area contributed by atoms with Gasteiger partial charge in [0, 0.05) is 17.4 Å². The molecule has 2 aromatic carbocycles. The molecule has 6 nitrogen and oxygen atoms in total. The lowest BCUT2D eigenvalue weighted by atomic mass is 10.2. The molecule has 0 atom stereocenters. The SMILES string of the molecule is CCCOc1ccc(-c2csc(NC(=O)CCCS(=O)(=O)Cc3ccccc3)n2)cc1. The third kappa shape index (κ3) is 7.48. The van der Waals surface area contributed by atoms with Crippen molar-refractivity contribution in [1.82, 2.24) is 4.98 Å². The van der Waals surface area contributed by atoms with Crippen molar-refractivity contribution in [3.63, 3.8) is 0 Å². The van der Waals surface area contributed by atoms with Gasteiger partial charge in [0.1, 0.15) is 5.75 Å². The number of amides is 1. The van der Waals surface area contributed by atoms with Crippen molar-refractivity contribution in [2.75, 3.05) is 17.7 Å². The maximum absolute atomic E-state index is 12.2. The predicted octanol–water partition coefficient (Wildman–Crippen LogP) is 4.93. The first-order chi connectivity index (χ1) is 14.9. The van der Waals surface area contributed by atoms with Crippen LogP contribution in [0.15, 0.2) is 60.0 Å². The molecule has 0 aliphatic heterocycles. The molecule has 3 aromatic rings. The van der Waals surface area contributed by atoms with E-state index in [2.05, 4.69) is 17.2 Å². The number of hydrogen-bond donors (Lipinski definition) is 1. The molecule has 1 heterocycles. The summed E-state index contributed by atoms with van der Waals surface area (Å²) in [6.07, 6.45) is 1.36. The number of aromatic nitrogens is 1. The van der Waals surface area contributed by atoms with E-state index in [0.29, 0.717) is 11.7 Å². The lowest BCUT2D eigenvalue weighted by molar-refractivity contribution is -0.116. The van der Waals surface area contributed by atoms with Crippen LogP contribution >= 0.6 is 11.3 Å². The second kappa shape index (κ2) is 11.1. The Morgan fingerprint density at radius 1 is 1.10 bits per heavy atom. The van der Waals surface area contributed by atoms with Crippen molar-refractivity contribution in [3.8, 4) is 17.0 Å². The minimum absolute atomic E-state index is 0.00638.